The molecule has 1 fully saturated rings. The third kappa shape index (κ3) is 5.01. The van der Waals surface area contributed by atoms with Crippen molar-refractivity contribution >= 4 is 11.8 Å². The van der Waals surface area contributed by atoms with Crippen molar-refractivity contribution in [3.05, 3.63) is 60.0 Å². The predicted octanol–water partition coefficient (Wildman–Crippen LogP) is 4.48. The number of H-pyrrole nitrogens is 1. The van der Waals surface area contributed by atoms with Crippen LogP contribution in [0, 0.1) is 5.92 Å². The minimum Gasteiger partial charge on any atom is -0.493 e. The van der Waals surface area contributed by atoms with Crippen molar-refractivity contribution < 1.29 is 27.8 Å². The highest BCUT2D eigenvalue weighted by Gasteiger charge is 2.33. The van der Waals surface area contributed by atoms with Crippen molar-refractivity contribution in [2.45, 2.75) is 19.0 Å². The minimum atomic E-state index is -4.47. The molecule has 0 atom stereocenters. The van der Waals surface area contributed by atoms with Gasteiger partial charge in [-0.15, -0.1) is 0 Å². The maximum Gasteiger partial charge on any atom is 0.432 e. The number of hydrogen-bond donors (Lipinski definition) is 2. The van der Waals surface area contributed by atoms with Gasteiger partial charge in [-0.2, -0.15) is 13.2 Å². The Balaban J connectivity index is 1.30. The molecule has 1 saturated heterocycles. The molecule has 0 radical (unpaired) electrons. The normalized spacial score (nSPS) is 15.0. The lowest BCUT2D eigenvalue weighted by atomic mass is 9.98. The van der Waals surface area contributed by atoms with Gasteiger partial charge < -0.3 is 19.7 Å². The molecule has 3 heterocycles. The highest BCUT2D eigenvalue weighted by atomic mass is 19.4. The van der Waals surface area contributed by atoms with E-state index in [1.807, 2.05) is 0 Å². The fraction of sp³-hybridized carbons (Fsp3) is 0.318. The Kier molecular flexibility index (Phi) is 6.02. The number of aromatic amines is 1. The number of piperidine rings is 1. The first kappa shape index (κ1) is 21.7. The predicted molar refractivity (Wildman–Crippen MR) is 111 cm³/mol. The average molecular weight is 446 g/mol. The Morgan fingerprint density at radius 3 is 2.56 bits per heavy atom. The fourth-order valence-corrected chi connectivity index (χ4v) is 3.59. The van der Waals surface area contributed by atoms with E-state index in [0.29, 0.717) is 23.8 Å². The molecule has 0 saturated carbocycles. The summed E-state index contributed by atoms with van der Waals surface area (Å²) >= 11 is 0. The number of rotatable bonds is 6. The van der Waals surface area contributed by atoms with E-state index in [2.05, 4.69) is 19.9 Å². The van der Waals surface area contributed by atoms with Crippen LogP contribution in [0.25, 0.3) is 11.4 Å². The molecule has 0 spiro atoms. The highest BCUT2D eigenvalue weighted by Crippen LogP contribution is 2.30. The number of anilines is 1. The molecule has 1 aliphatic heterocycles. The summed E-state index contributed by atoms with van der Waals surface area (Å²) in [5, 5.41) is 9.06. The van der Waals surface area contributed by atoms with Gasteiger partial charge in [0.05, 0.1) is 18.4 Å². The molecule has 2 N–H and O–H groups in total. The van der Waals surface area contributed by atoms with Crippen LogP contribution in [0.3, 0.4) is 0 Å². The lowest BCUT2D eigenvalue weighted by Crippen LogP contribution is -2.36. The Hall–Kier alpha value is -3.56. The standard InChI is InChI=1S/C22H21F3N4O3/c23-22(24,25)18-12-27-20(28-18)16-4-5-19(26-11-16)29-8-6-14(7-9-29)13-32-17-3-1-2-15(10-17)21(30)31/h1-5,10-12,14H,6-9,13H2,(H,27,28)(H,30,31). The Morgan fingerprint density at radius 2 is 1.94 bits per heavy atom. The monoisotopic (exact) mass is 446 g/mol. The first-order valence-electron chi connectivity index (χ1n) is 10.1. The first-order valence-corrected chi connectivity index (χ1v) is 10.1. The van der Waals surface area contributed by atoms with Crippen LogP contribution in [0.15, 0.2) is 48.8 Å². The van der Waals surface area contributed by atoms with Crippen LogP contribution < -0.4 is 9.64 Å². The smallest absolute Gasteiger partial charge is 0.432 e. The van der Waals surface area contributed by atoms with Crippen molar-refractivity contribution in [2.75, 3.05) is 24.6 Å². The molecule has 2 aromatic heterocycles. The number of pyridine rings is 1. The van der Waals surface area contributed by atoms with E-state index >= 15 is 0 Å². The summed E-state index contributed by atoms with van der Waals surface area (Å²) in [4.78, 5) is 23.6. The van der Waals surface area contributed by atoms with E-state index in [0.717, 1.165) is 37.9 Å². The Labute approximate surface area is 181 Å². The molecule has 10 heteroatoms. The summed E-state index contributed by atoms with van der Waals surface area (Å²) < 4.78 is 44.0. The zero-order chi connectivity index (χ0) is 22.7. The Morgan fingerprint density at radius 1 is 1.16 bits per heavy atom. The zero-order valence-corrected chi connectivity index (χ0v) is 17.0. The Bertz CT molecular complexity index is 1070. The van der Waals surface area contributed by atoms with Gasteiger partial charge in [0.1, 0.15) is 23.1 Å². The summed E-state index contributed by atoms with van der Waals surface area (Å²) in [5.41, 5.74) is -0.220. The van der Waals surface area contributed by atoms with Crippen LogP contribution in [-0.2, 0) is 6.18 Å². The molecule has 0 aliphatic carbocycles. The summed E-state index contributed by atoms with van der Waals surface area (Å²) in [6, 6.07) is 9.91. The van der Waals surface area contributed by atoms with Gasteiger partial charge in [-0.25, -0.2) is 14.8 Å². The van der Waals surface area contributed by atoms with E-state index in [9.17, 15) is 18.0 Å². The number of nitrogens with one attached hydrogen (secondary N) is 1. The number of benzene rings is 1. The van der Waals surface area contributed by atoms with Crippen LogP contribution in [0.4, 0.5) is 19.0 Å². The third-order valence-electron chi connectivity index (χ3n) is 5.41. The third-order valence-corrected chi connectivity index (χ3v) is 5.41. The number of halogens is 3. The summed E-state index contributed by atoms with van der Waals surface area (Å²) in [6.07, 6.45) is -0.414. The lowest BCUT2D eigenvalue weighted by molar-refractivity contribution is -0.140. The number of aromatic nitrogens is 3. The van der Waals surface area contributed by atoms with E-state index in [4.69, 9.17) is 9.84 Å². The number of alkyl halides is 3. The largest absolute Gasteiger partial charge is 0.493 e. The lowest BCUT2D eigenvalue weighted by Gasteiger charge is -2.32. The number of nitrogens with zero attached hydrogens (tertiary/aromatic N) is 3. The van der Waals surface area contributed by atoms with Gasteiger partial charge in [0, 0.05) is 24.8 Å². The van der Waals surface area contributed by atoms with Gasteiger partial charge >= 0.3 is 12.1 Å². The van der Waals surface area contributed by atoms with Gasteiger partial charge in [0.15, 0.2) is 0 Å². The summed E-state index contributed by atoms with van der Waals surface area (Å²) in [6.45, 7) is 2.05. The van der Waals surface area contributed by atoms with Crippen LogP contribution in [-0.4, -0.2) is 45.7 Å². The first-order chi connectivity index (χ1) is 15.3. The number of hydrogen-bond acceptors (Lipinski definition) is 5. The minimum absolute atomic E-state index is 0.124. The van der Waals surface area contributed by atoms with Crippen molar-refractivity contribution in [3.8, 4) is 17.1 Å². The molecule has 168 valence electrons. The van der Waals surface area contributed by atoms with Crippen LogP contribution in [0.2, 0.25) is 0 Å². The maximum absolute atomic E-state index is 12.7. The topological polar surface area (TPSA) is 91.3 Å². The summed E-state index contributed by atoms with van der Waals surface area (Å²) in [7, 11) is 0. The molecule has 1 aliphatic rings. The summed E-state index contributed by atoms with van der Waals surface area (Å²) in [5.74, 6) is 0.762. The second kappa shape index (κ2) is 8.89. The number of imidazole rings is 1. The van der Waals surface area contributed by atoms with Crippen LogP contribution in [0.1, 0.15) is 28.9 Å². The van der Waals surface area contributed by atoms with Gasteiger partial charge in [-0.05, 0) is 49.1 Å². The van der Waals surface area contributed by atoms with Crippen LogP contribution in [0.5, 0.6) is 5.75 Å². The molecule has 0 bridgehead atoms. The van der Waals surface area contributed by atoms with Crippen molar-refractivity contribution in [1.29, 1.82) is 0 Å². The number of carboxylic acid groups (broad SMARTS) is 1. The molecule has 32 heavy (non-hydrogen) atoms. The molecule has 4 rings (SSSR count). The maximum atomic E-state index is 12.7. The highest BCUT2D eigenvalue weighted by molar-refractivity contribution is 5.88. The molecule has 1 aromatic carbocycles. The molecular formula is C22H21F3N4O3. The van der Waals surface area contributed by atoms with Gasteiger partial charge in [0.2, 0.25) is 0 Å². The van der Waals surface area contributed by atoms with Gasteiger partial charge in [-0.1, -0.05) is 6.07 Å². The van der Waals surface area contributed by atoms with E-state index in [1.54, 1.807) is 24.3 Å². The van der Waals surface area contributed by atoms with Crippen molar-refractivity contribution in [3.63, 3.8) is 0 Å². The number of aromatic carboxylic acids is 1. The number of ether oxygens (including phenoxy) is 1. The van der Waals surface area contributed by atoms with Gasteiger partial charge in [0.25, 0.3) is 0 Å². The van der Waals surface area contributed by atoms with E-state index in [-0.39, 0.29) is 11.4 Å². The number of carboxylic acids is 1. The average Bonchev–Trinajstić information content (AvgIpc) is 3.29. The number of carbonyl (C=O) groups is 1. The molecular weight excluding hydrogens is 425 g/mol. The fourth-order valence-electron chi connectivity index (χ4n) is 3.59. The quantitative estimate of drug-likeness (QED) is 0.580. The zero-order valence-electron chi connectivity index (χ0n) is 17.0. The van der Waals surface area contributed by atoms with E-state index in [1.165, 1.54) is 18.3 Å². The molecule has 7 nitrogen and oxygen atoms in total. The SMILES string of the molecule is O=C(O)c1cccc(OCC2CCN(c3ccc(-c4ncc(C(F)(F)F)[nH]4)cn3)CC2)c1. The van der Waals surface area contributed by atoms with Gasteiger partial charge in [-0.3, -0.25) is 0 Å². The van der Waals surface area contributed by atoms with Crippen molar-refractivity contribution in [1.82, 2.24) is 15.0 Å². The second-order valence-electron chi connectivity index (χ2n) is 7.62. The van der Waals surface area contributed by atoms with Crippen molar-refractivity contribution in [2.24, 2.45) is 5.92 Å². The molecule has 3 aromatic rings. The molecule has 0 amide bonds. The molecule has 0 unspecified atom stereocenters. The second-order valence-corrected chi connectivity index (χ2v) is 7.62. The van der Waals surface area contributed by atoms with Crippen LogP contribution >= 0.6 is 0 Å². The van der Waals surface area contributed by atoms with E-state index < -0.39 is 17.8 Å².